The molecule has 4 N–H and O–H groups in total. The quantitative estimate of drug-likeness (QED) is 0.311. The van der Waals surface area contributed by atoms with E-state index in [2.05, 4.69) is 0 Å². The predicted octanol–water partition coefficient (Wildman–Crippen LogP) is -3.89. The maximum Gasteiger partial charge on any atom is 1.00 e. The number of nitrogens with zero attached hydrogens (tertiary/aromatic N) is 1. The van der Waals surface area contributed by atoms with E-state index >= 15 is 0 Å². The summed E-state index contributed by atoms with van der Waals surface area (Å²) in [6.45, 7) is 0. The second kappa shape index (κ2) is 9.13. The molecule has 2 aromatic rings. The maximum atomic E-state index is 11.0. The average molecular weight is 383 g/mol. The minimum Gasteiger partial charge on any atom is -0.547 e. The van der Waals surface area contributed by atoms with Crippen molar-refractivity contribution in [1.29, 1.82) is 0 Å². The number of anilines is 1. The molecular weight excluding hydrogens is 365 g/mol. The summed E-state index contributed by atoms with van der Waals surface area (Å²) in [5, 5.41) is 51.4. The van der Waals surface area contributed by atoms with E-state index in [4.69, 9.17) is 4.74 Å². The molecule has 8 nitrogen and oxygen atoms in total. The van der Waals surface area contributed by atoms with Crippen LogP contribution >= 0.6 is 0 Å². The van der Waals surface area contributed by atoms with Gasteiger partial charge in [0.1, 0.15) is 24.4 Å². The van der Waals surface area contributed by atoms with E-state index in [1.807, 2.05) is 30.3 Å². The molecule has 0 amide bonds. The number of hydroxylamine groups is 1. The fourth-order valence-electron chi connectivity index (χ4n) is 2.84. The van der Waals surface area contributed by atoms with Crippen molar-refractivity contribution in [2.24, 2.45) is 0 Å². The van der Waals surface area contributed by atoms with E-state index in [1.165, 1.54) is 0 Å². The molecule has 1 fully saturated rings. The summed E-state index contributed by atoms with van der Waals surface area (Å²) < 4.78 is 5.03. The van der Waals surface area contributed by atoms with Gasteiger partial charge in [0.05, 0.1) is 11.7 Å². The molecule has 138 valence electrons. The number of carboxylic acid groups (broad SMARTS) is 1. The zero-order valence-electron chi connectivity index (χ0n) is 14.5. The van der Waals surface area contributed by atoms with E-state index in [-0.39, 0.29) is 35.2 Å². The molecule has 1 saturated heterocycles. The Morgan fingerprint density at radius 3 is 2.00 bits per heavy atom. The zero-order valence-corrected chi connectivity index (χ0v) is 16.5. The van der Waals surface area contributed by atoms with Gasteiger partial charge in [-0.3, -0.25) is 5.21 Å². The first-order valence-electron chi connectivity index (χ1n) is 7.94. The van der Waals surface area contributed by atoms with Gasteiger partial charge in [-0.2, -0.15) is 0 Å². The molecule has 9 heteroatoms. The van der Waals surface area contributed by atoms with Gasteiger partial charge in [0.2, 0.25) is 0 Å². The van der Waals surface area contributed by atoms with Gasteiger partial charge in [-0.25, -0.2) is 5.06 Å². The largest absolute Gasteiger partial charge is 1.00 e. The van der Waals surface area contributed by atoms with Gasteiger partial charge in [-0.15, -0.1) is 0 Å². The fourth-order valence-corrected chi connectivity index (χ4v) is 2.84. The van der Waals surface area contributed by atoms with E-state index < -0.39 is 36.6 Å². The van der Waals surface area contributed by atoms with Crippen molar-refractivity contribution in [2.75, 3.05) is 5.06 Å². The first-order chi connectivity index (χ1) is 12.4. The van der Waals surface area contributed by atoms with Crippen LogP contribution in [0.5, 0.6) is 0 Å². The summed E-state index contributed by atoms with van der Waals surface area (Å²) in [4.78, 5) is 11.0. The Balaban J connectivity index is 0.00000261. The van der Waals surface area contributed by atoms with Crippen LogP contribution < -0.4 is 39.7 Å². The first-order valence-corrected chi connectivity index (χ1v) is 7.94. The normalized spacial score (nSPS) is 27.5. The summed E-state index contributed by atoms with van der Waals surface area (Å²) in [6.07, 6.45) is -8.93. The molecule has 1 heterocycles. The van der Waals surface area contributed by atoms with Crippen molar-refractivity contribution in [3.05, 3.63) is 54.6 Å². The van der Waals surface area contributed by atoms with Gasteiger partial charge >= 0.3 is 29.6 Å². The van der Waals surface area contributed by atoms with Crippen molar-refractivity contribution in [1.82, 2.24) is 0 Å². The van der Waals surface area contributed by atoms with Crippen LogP contribution in [0.2, 0.25) is 0 Å². The number of aliphatic hydroxyl groups is 3. The van der Waals surface area contributed by atoms with E-state index in [1.54, 1.807) is 24.3 Å². The van der Waals surface area contributed by atoms with Gasteiger partial charge in [0, 0.05) is 0 Å². The van der Waals surface area contributed by atoms with Crippen LogP contribution in [0.4, 0.5) is 5.69 Å². The average Bonchev–Trinajstić information content (AvgIpc) is 2.66. The topological polar surface area (TPSA) is 134 Å². The third kappa shape index (κ3) is 4.50. The molecule has 0 saturated carbocycles. The molecule has 0 radical (unpaired) electrons. The van der Waals surface area contributed by atoms with Gasteiger partial charge in [0.15, 0.2) is 6.23 Å². The Morgan fingerprint density at radius 1 is 0.889 bits per heavy atom. The second-order valence-electron chi connectivity index (χ2n) is 6.00. The maximum absolute atomic E-state index is 11.0. The van der Waals surface area contributed by atoms with Crippen molar-refractivity contribution in [2.45, 2.75) is 30.6 Å². The van der Waals surface area contributed by atoms with Gasteiger partial charge < -0.3 is 30.0 Å². The van der Waals surface area contributed by atoms with Gasteiger partial charge in [-0.05, 0) is 23.3 Å². The molecule has 0 aliphatic carbocycles. The number of benzene rings is 2. The molecule has 5 atom stereocenters. The number of hydrogen-bond acceptors (Lipinski definition) is 8. The predicted molar refractivity (Wildman–Crippen MR) is 87.8 cm³/mol. The van der Waals surface area contributed by atoms with E-state index in [0.717, 1.165) is 11.1 Å². The smallest absolute Gasteiger partial charge is 0.547 e. The fraction of sp³-hybridized carbons (Fsp3) is 0.278. The van der Waals surface area contributed by atoms with Gasteiger partial charge in [0.25, 0.3) is 0 Å². The van der Waals surface area contributed by atoms with E-state index in [0.29, 0.717) is 5.06 Å². The van der Waals surface area contributed by atoms with Crippen molar-refractivity contribution in [3.8, 4) is 11.1 Å². The minimum atomic E-state index is -1.89. The monoisotopic (exact) mass is 383 g/mol. The summed E-state index contributed by atoms with van der Waals surface area (Å²) in [5.41, 5.74) is 2.05. The number of ether oxygens (including phenoxy) is 1. The summed E-state index contributed by atoms with van der Waals surface area (Å²) in [6, 6.07) is 16.1. The SMILES string of the molecule is O=C([O-])[C@H]1OC(N(O)c2ccc(-c3ccccc3)cc2)[C@H](O)[C@@H](O)[C@@H]1O.[Na+]. The Kier molecular flexibility index (Phi) is 7.38. The van der Waals surface area contributed by atoms with Crippen molar-refractivity contribution in [3.63, 3.8) is 0 Å². The van der Waals surface area contributed by atoms with Crippen molar-refractivity contribution >= 4 is 11.7 Å². The number of carbonyl (C=O) groups excluding carboxylic acids is 1. The third-order valence-electron chi connectivity index (χ3n) is 4.30. The molecule has 1 unspecified atom stereocenters. The van der Waals surface area contributed by atoms with Crippen LogP contribution in [0.25, 0.3) is 11.1 Å². The molecule has 0 spiro atoms. The Bertz CT molecular complexity index is 758. The molecule has 1 aliphatic heterocycles. The zero-order chi connectivity index (χ0) is 18.8. The Labute approximate surface area is 177 Å². The molecule has 1 aliphatic rings. The molecule has 0 bridgehead atoms. The first kappa shape index (κ1) is 21.8. The third-order valence-corrected chi connectivity index (χ3v) is 4.30. The van der Waals surface area contributed by atoms with Crippen LogP contribution in [0, 0.1) is 0 Å². The number of rotatable bonds is 4. The number of carboxylic acids is 1. The molecular formula is C18H18NNaO7. The molecule has 0 aromatic heterocycles. The van der Waals surface area contributed by atoms with Gasteiger partial charge in [-0.1, -0.05) is 42.5 Å². The molecule has 2 aromatic carbocycles. The summed E-state index contributed by atoms with van der Waals surface area (Å²) >= 11 is 0. The Hall–Kier alpha value is -1.49. The van der Waals surface area contributed by atoms with Crippen LogP contribution in [-0.2, 0) is 9.53 Å². The van der Waals surface area contributed by atoms with Crippen LogP contribution in [0.1, 0.15) is 0 Å². The second-order valence-corrected chi connectivity index (χ2v) is 6.00. The number of carbonyl (C=O) groups is 1. The summed E-state index contributed by atoms with van der Waals surface area (Å²) in [7, 11) is 0. The van der Waals surface area contributed by atoms with Crippen LogP contribution in [0.3, 0.4) is 0 Å². The Morgan fingerprint density at radius 2 is 1.44 bits per heavy atom. The van der Waals surface area contributed by atoms with E-state index in [9.17, 15) is 30.4 Å². The number of hydrogen-bond donors (Lipinski definition) is 4. The van der Waals surface area contributed by atoms with Crippen LogP contribution in [0.15, 0.2) is 54.6 Å². The number of aliphatic carboxylic acids is 1. The number of aliphatic hydroxyl groups excluding tert-OH is 3. The molecule has 3 rings (SSSR count). The summed E-state index contributed by atoms with van der Waals surface area (Å²) in [5.74, 6) is -1.76. The van der Waals surface area contributed by atoms with Crippen molar-refractivity contribution < 1.29 is 64.7 Å². The minimum absolute atomic E-state index is 0. The van der Waals surface area contributed by atoms with Crippen LogP contribution in [-0.4, -0.2) is 57.1 Å². The molecule has 27 heavy (non-hydrogen) atoms. The standard InChI is InChI=1S/C18H19NO7.Na/c20-13-14(21)16(18(23)24)26-17(15(13)22)19(25)12-8-6-11(7-9-12)10-4-2-1-3-5-10;/h1-9,13-17,20-22,25H,(H,23,24);/q;+1/p-1/t13-,14-,15+,16-,17?;/m0./s1.